The molecule has 4 rings (SSSR count). The van der Waals surface area contributed by atoms with Gasteiger partial charge in [-0.05, 0) is 37.4 Å². The summed E-state index contributed by atoms with van der Waals surface area (Å²) in [7, 11) is 0. The Morgan fingerprint density at radius 2 is 2.08 bits per heavy atom. The fourth-order valence-electron chi connectivity index (χ4n) is 3.91. The van der Waals surface area contributed by atoms with Crippen molar-refractivity contribution in [2.75, 3.05) is 19.7 Å². The van der Waals surface area contributed by atoms with E-state index < -0.39 is 6.09 Å². The van der Waals surface area contributed by atoms with Crippen LogP contribution in [-0.4, -0.2) is 30.9 Å². The second-order valence-electron chi connectivity index (χ2n) is 6.65. The molecule has 0 radical (unpaired) electrons. The molecule has 2 aliphatic rings. The smallest absolute Gasteiger partial charge is 0.407 e. The maximum Gasteiger partial charge on any atom is 0.407 e. The number of amides is 1. The molecule has 1 aromatic heterocycles. The van der Waals surface area contributed by atoms with Gasteiger partial charge in [-0.1, -0.05) is 35.5 Å². The zero-order valence-electron chi connectivity index (χ0n) is 14.0. The summed E-state index contributed by atoms with van der Waals surface area (Å²) in [6.07, 6.45) is -0.392. The van der Waals surface area contributed by atoms with Crippen LogP contribution in [0, 0.1) is 18.8 Å². The van der Waals surface area contributed by atoms with Gasteiger partial charge in [0.25, 0.3) is 0 Å². The van der Waals surface area contributed by atoms with Gasteiger partial charge in [-0.3, -0.25) is 0 Å². The van der Waals surface area contributed by atoms with Gasteiger partial charge < -0.3 is 19.9 Å². The molecule has 1 aliphatic carbocycles. The molecule has 2 fully saturated rings. The molecule has 1 aliphatic heterocycles. The highest BCUT2D eigenvalue weighted by Crippen LogP contribution is 2.61. The van der Waals surface area contributed by atoms with Crippen molar-refractivity contribution >= 4 is 18.5 Å². The summed E-state index contributed by atoms with van der Waals surface area (Å²) in [5.41, 5.74) is 1.77. The number of carbonyl (C=O) groups is 1. The molecule has 1 saturated carbocycles. The number of hydrogen-bond acceptors (Lipinski definition) is 5. The fourth-order valence-corrected chi connectivity index (χ4v) is 3.91. The summed E-state index contributed by atoms with van der Waals surface area (Å²) in [4.78, 5) is 12.1. The van der Waals surface area contributed by atoms with E-state index in [1.54, 1.807) is 0 Å². The molecule has 2 atom stereocenters. The van der Waals surface area contributed by atoms with Gasteiger partial charge >= 0.3 is 6.09 Å². The first kappa shape index (κ1) is 17.8. The van der Waals surface area contributed by atoms with Crippen molar-refractivity contribution in [3.8, 4) is 0 Å². The van der Waals surface area contributed by atoms with Crippen LogP contribution in [0.4, 0.5) is 4.79 Å². The molecule has 1 saturated heterocycles. The molecular formula is C18H22ClN3O3. The Hall–Kier alpha value is -2.05. The average Bonchev–Trinajstić information content (AvgIpc) is 2.99. The van der Waals surface area contributed by atoms with E-state index in [1.165, 1.54) is 0 Å². The summed E-state index contributed by atoms with van der Waals surface area (Å²) in [5.74, 6) is 1.71. The predicted octanol–water partition coefficient (Wildman–Crippen LogP) is 2.42. The third-order valence-electron chi connectivity index (χ3n) is 5.26. The number of piperidine rings is 1. The van der Waals surface area contributed by atoms with Crippen molar-refractivity contribution in [3.63, 3.8) is 0 Å². The van der Waals surface area contributed by atoms with Gasteiger partial charge in [0.2, 0.25) is 0 Å². The summed E-state index contributed by atoms with van der Waals surface area (Å²) in [6, 6.07) is 11.7. The highest BCUT2D eigenvalue weighted by atomic mass is 35.5. The van der Waals surface area contributed by atoms with E-state index in [0.29, 0.717) is 25.0 Å². The number of ether oxygens (including phenoxy) is 1. The number of aryl methyl sites for hydroxylation is 1. The minimum atomic E-state index is -0.392. The molecule has 0 spiro atoms. The van der Waals surface area contributed by atoms with E-state index in [4.69, 9.17) is 9.26 Å². The van der Waals surface area contributed by atoms with Gasteiger partial charge in [0.15, 0.2) is 0 Å². The molecule has 1 aromatic carbocycles. The number of hydrogen-bond donors (Lipinski definition) is 2. The molecule has 134 valence electrons. The van der Waals surface area contributed by atoms with Crippen molar-refractivity contribution in [1.29, 1.82) is 0 Å². The van der Waals surface area contributed by atoms with Crippen LogP contribution in [0.15, 0.2) is 40.9 Å². The molecule has 1 amide bonds. The van der Waals surface area contributed by atoms with Crippen LogP contribution in [0.5, 0.6) is 0 Å². The van der Waals surface area contributed by atoms with E-state index in [0.717, 1.165) is 30.1 Å². The number of nitrogens with zero attached hydrogens (tertiary/aromatic N) is 1. The number of rotatable bonds is 5. The van der Waals surface area contributed by atoms with Crippen molar-refractivity contribution in [1.82, 2.24) is 15.8 Å². The largest absolute Gasteiger partial charge is 0.449 e. The van der Waals surface area contributed by atoms with E-state index in [-0.39, 0.29) is 17.8 Å². The van der Waals surface area contributed by atoms with Gasteiger partial charge in [0.05, 0.1) is 11.1 Å². The molecule has 7 heteroatoms. The van der Waals surface area contributed by atoms with Crippen LogP contribution in [0.3, 0.4) is 0 Å². The Morgan fingerprint density at radius 1 is 1.36 bits per heavy atom. The fraction of sp³-hybridized carbons (Fsp3) is 0.444. The molecule has 2 aromatic rings. The normalized spacial score (nSPS) is 26.4. The lowest BCUT2D eigenvalue weighted by Gasteiger charge is -2.19. The summed E-state index contributed by atoms with van der Waals surface area (Å²) in [5, 5.41) is 10.4. The zero-order valence-corrected chi connectivity index (χ0v) is 14.8. The second kappa shape index (κ2) is 7.06. The van der Waals surface area contributed by atoms with Gasteiger partial charge in [-0.2, -0.15) is 0 Å². The second-order valence-corrected chi connectivity index (χ2v) is 6.65. The maximum absolute atomic E-state index is 12.1. The predicted molar refractivity (Wildman–Crippen MR) is 94.6 cm³/mol. The number of carbonyl (C=O) groups excluding carboxylic acids is 1. The van der Waals surface area contributed by atoms with Gasteiger partial charge in [-0.15, -0.1) is 12.4 Å². The Bertz CT molecular complexity index is 724. The lowest BCUT2D eigenvalue weighted by Crippen LogP contribution is -2.33. The molecule has 2 N–H and O–H groups in total. The monoisotopic (exact) mass is 363 g/mol. The minimum Gasteiger partial charge on any atom is -0.449 e. The summed E-state index contributed by atoms with van der Waals surface area (Å²) < 4.78 is 10.8. The van der Waals surface area contributed by atoms with Crippen molar-refractivity contribution in [2.45, 2.75) is 18.9 Å². The quantitative estimate of drug-likeness (QED) is 0.853. The third kappa shape index (κ3) is 3.24. The molecule has 6 nitrogen and oxygen atoms in total. The molecule has 2 unspecified atom stereocenters. The first-order chi connectivity index (χ1) is 11.7. The van der Waals surface area contributed by atoms with Gasteiger partial charge in [0.1, 0.15) is 12.4 Å². The number of benzene rings is 1. The van der Waals surface area contributed by atoms with Crippen LogP contribution in [0.25, 0.3) is 0 Å². The average molecular weight is 364 g/mol. The maximum atomic E-state index is 12.1. The number of halogens is 1. The number of fused-ring (bicyclic) bond motifs is 1. The third-order valence-corrected chi connectivity index (χ3v) is 5.26. The zero-order chi connectivity index (χ0) is 16.6. The Morgan fingerprint density at radius 3 is 2.72 bits per heavy atom. The van der Waals surface area contributed by atoms with Crippen LogP contribution in [-0.2, 0) is 16.7 Å². The Balaban J connectivity index is 0.00000182. The molecule has 2 heterocycles. The van der Waals surface area contributed by atoms with Crippen molar-refractivity contribution in [3.05, 3.63) is 53.4 Å². The SMILES string of the molecule is Cc1cc(C2(COC(=O)NCc3ccccc3)C3CNCC32)no1.Cl. The number of nitrogens with one attached hydrogen (secondary N) is 2. The topological polar surface area (TPSA) is 76.4 Å². The Labute approximate surface area is 152 Å². The standard InChI is InChI=1S/C18H21N3O3.ClH/c1-12-7-16(21-24-12)18(14-9-19-10-15(14)18)11-23-17(22)20-8-13-5-3-2-4-6-13;/h2-7,14-15,19H,8-11H2,1H3,(H,20,22);1H. The summed E-state index contributed by atoms with van der Waals surface area (Å²) in [6.45, 7) is 4.56. The molecule has 25 heavy (non-hydrogen) atoms. The van der Waals surface area contributed by atoms with Crippen LogP contribution >= 0.6 is 12.4 Å². The summed E-state index contributed by atoms with van der Waals surface area (Å²) >= 11 is 0. The Kier molecular flexibility index (Phi) is 5.01. The van der Waals surface area contributed by atoms with Gasteiger partial charge in [-0.25, -0.2) is 4.79 Å². The van der Waals surface area contributed by atoms with Crippen molar-refractivity contribution in [2.24, 2.45) is 11.8 Å². The molecular weight excluding hydrogens is 342 g/mol. The van der Waals surface area contributed by atoms with E-state index in [2.05, 4.69) is 15.8 Å². The highest BCUT2D eigenvalue weighted by Gasteiger charge is 2.69. The number of aromatic nitrogens is 1. The lowest BCUT2D eigenvalue weighted by molar-refractivity contribution is 0.126. The van der Waals surface area contributed by atoms with Crippen LogP contribution < -0.4 is 10.6 Å². The van der Waals surface area contributed by atoms with E-state index in [1.807, 2.05) is 43.3 Å². The molecule has 0 bridgehead atoms. The highest BCUT2D eigenvalue weighted by molar-refractivity contribution is 5.85. The van der Waals surface area contributed by atoms with Crippen molar-refractivity contribution < 1.29 is 14.1 Å². The number of alkyl carbamates (subject to hydrolysis) is 1. The first-order valence-electron chi connectivity index (χ1n) is 8.29. The van der Waals surface area contributed by atoms with E-state index in [9.17, 15) is 4.79 Å². The first-order valence-corrected chi connectivity index (χ1v) is 8.29. The van der Waals surface area contributed by atoms with Crippen LogP contribution in [0.1, 0.15) is 17.0 Å². The van der Waals surface area contributed by atoms with Crippen LogP contribution in [0.2, 0.25) is 0 Å². The lowest BCUT2D eigenvalue weighted by atomic mass is 9.96. The minimum absolute atomic E-state index is 0. The van der Waals surface area contributed by atoms with Gasteiger partial charge in [0, 0.05) is 12.6 Å². The van der Waals surface area contributed by atoms with E-state index >= 15 is 0 Å².